The van der Waals surface area contributed by atoms with Crippen LogP contribution in [0.2, 0.25) is 10.3 Å². The van der Waals surface area contributed by atoms with Crippen LogP contribution >= 0.6 is 35.0 Å². The first-order valence-electron chi connectivity index (χ1n) is 3.99. The molecular formula is C8H6Cl2N4S. The minimum Gasteiger partial charge on any atom is -0.275 e. The minimum absolute atomic E-state index is 0.186. The lowest BCUT2D eigenvalue weighted by atomic mass is 10.7. The number of rotatable bonds is 2. The molecule has 0 saturated heterocycles. The van der Waals surface area contributed by atoms with Gasteiger partial charge in [0.2, 0.25) is 5.28 Å². The summed E-state index contributed by atoms with van der Waals surface area (Å²) in [5.74, 6) is 0. The first-order valence-corrected chi connectivity index (χ1v) is 5.57. The van der Waals surface area contributed by atoms with Gasteiger partial charge in [-0.15, -0.1) is 0 Å². The average molecular weight is 261 g/mol. The molecule has 0 unspecified atom stereocenters. The van der Waals surface area contributed by atoms with Gasteiger partial charge in [-0.2, -0.15) is 5.10 Å². The molecule has 0 fully saturated rings. The number of halogens is 2. The second kappa shape index (κ2) is 4.38. The third kappa shape index (κ3) is 2.62. The predicted octanol–water partition coefficient (Wildman–Crippen LogP) is 2.67. The normalized spacial score (nSPS) is 10.6. The lowest BCUT2D eigenvalue weighted by Gasteiger charge is -1.99. The van der Waals surface area contributed by atoms with Crippen LogP contribution in [0.1, 0.15) is 0 Å². The molecule has 0 atom stereocenters. The SMILES string of the molecule is Cn1cc(Sc2nc(Cl)ncc2Cl)cn1. The largest absolute Gasteiger partial charge is 0.275 e. The quantitative estimate of drug-likeness (QED) is 0.615. The molecule has 78 valence electrons. The molecule has 0 amide bonds. The van der Waals surface area contributed by atoms with Gasteiger partial charge < -0.3 is 0 Å². The highest BCUT2D eigenvalue weighted by molar-refractivity contribution is 7.99. The Balaban J connectivity index is 2.27. The molecule has 2 aromatic rings. The molecule has 0 N–H and O–H groups in total. The van der Waals surface area contributed by atoms with Gasteiger partial charge in [0.15, 0.2) is 0 Å². The summed E-state index contributed by atoms with van der Waals surface area (Å²) in [6, 6.07) is 0. The highest BCUT2D eigenvalue weighted by atomic mass is 35.5. The van der Waals surface area contributed by atoms with Crippen LogP contribution < -0.4 is 0 Å². The van der Waals surface area contributed by atoms with Crippen molar-refractivity contribution < 1.29 is 0 Å². The maximum absolute atomic E-state index is 5.92. The van der Waals surface area contributed by atoms with Gasteiger partial charge in [0.1, 0.15) is 5.03 Å². The van der Waals surface area contributed by atoms with E-state index in [-0.39, 0.29) is 5.28 Å². The summed E-state index contributed by atoms with van der Waals surface area (Å²) in [6.45, 7) is 0. The van der Waals surface area contributed by atoms with Crippen molar-refractivity contribution in [2.75, 3.05) is 0 Å². The first-order chi connectivity index (χ1) is 7.15. The van der Waals surface area contributed by atoms with Crippen LogP contribution in [0.5, 0.6) is 0 Å². The Morgan fingerprint density at radius 1 is 1.33 bits per heavy atom. The molecule has 0 aliphatic heterocycles. The monoisotopic (exact) mass is 260 g/mol. The van der Waals surface area contributed by atoms with E-state index < -0.39 is 0 Å². The molecule has 4 nitrogen and oxygen atoms in total. The Labute approximate surface area is 101 Å². The lowest BCUT2D eigenvalue weighted by Crippen LogP contribution is -1.86. The van der Waals surface area contributed by atoms with Gasteiger partial charge in [-0.25, -0.2) is 9.97 Å². The number of aryl methyl sites for hydroxylation is 1. The third-order valence-electron chi connectivity index (χ3n) is 1.58. The second-order valence-electron chi connectivity index (χ2n) is 2.74. The van der Waals surface area contributed by atoms with Crippen LogP contribution in [0.4, 0.5) is 0 Å². The molecule has 0 radical (unpaired) electrons. The summed E-state index contributed by atoms with van der Waals surface area (Å²) in [7, 11) is 1.85. The Morgan fingerprint density at radius 3 is 2.80 bits per heavy atom. The molecule has 0 aromatic carbocycles. The maximum atomic E-state index is 5.92. The number of hydrogen-bond acceptors (Lipinski definition) is 4. The highest BCUT2D eigenvalue weighted by Crippen LogP contribution is 2.31. The first kappa shape index (κ1) is 10.7. The minimum atomic E-state index is 0.186. The molecule has 2 rings (SSSR count). The summed E-state index contributed by atoms with van der Waals surface area (Å²) in [6.07, 6.45) is 5.09. The van der Waals surface area contributed by atoms with E-state index in [1.807, 2.05) is 13.2 Å². The Hall–Kier alpha value is -0.780. The molecule has 2 aromatic heterocycles. The van der Waals surface area contributed by atoms with Crippen LogP contribution in [0.15, 0.2) is 28.5 Å². The molecule has 2 heterocycles. The van der Waals surface area contributed by atoms with Gasteiger partial charge in [0, 0.05) is 13.2 Å². The van der Waals surface area contributed by atoms with Gasteiger partial charge >= 0.3 is 0 Å². The molecule has 0 saturated carbocycles. The van der Waals surface area contributed by atoms with Gasteiger partial charge in [-0.1, -0.05) is 23.4 Å². The van der Waals surface area contributed by atoms with Gasteiger partial charge in [-0.05, 0) is 11.6 Å². The zero-order valence-corrected chi connectivity index (χ0v) is 10.0. The van der Waals surface area contributed by atoms with Gasteiger partial charge in [-0.3, -0.25) is 4.68 Å². The van der Waals surface area contributed by atoms with Crippen molar-refractivity contribution in [3.63, 3.8) is 0 Å². The van der Waals surface area contributed by atoms with Crippen molar-refractivity contribution in [2.45, 2.75) is 9.92 Å². The van der Waals surface area contributed by atoms with E-state index in [0.717, 1.165) is 4.90 Å². The number of aromatic nitrogens is 4. The van der Waals surface area contributed by atoms with Gasteiger partial charge in [0.05, 0.1) is 22.3 Å². The van der Waals surface area contributed by atoms with E-state index in [1.165, 1.54) is 18.0 Å². The third-order valence-corrected chi connectivity index (χ3v) is 3.10. The van der Waals surface area contributed by atoms with E-state index in [4.69, 9.17) is 23.2 Å². The van der Waals surface area contributed by atoms with Crippen LogP contribution in [-0.4, -0.2) is 19.7 Å². The molecule has 0 bridgehead atoms. The summed E-state index contributed by atoms with van der Waals surface area (Å²) >= 11 is 13.0. The highest BCUT2D eigenvalue weighted by Gasteiger charge is 2.07. The van der Waals surface area contributed by atoms with Crippen molar-refractivity contribution in [2.24, 2.45) is 7.05 Å². The van der Waals surface area contributed by atoms with E-state index in [1.54, 1.807) is 10.9 Å². The number of nitrogens with zero attached hydrogens (tertiary/aromatic N) is 4. The van der Waals surface area contributed by atoms with Crippen molar-refractivity contribution in [3.05, 3.63) is 28.9 Å². The summed E-state index contributed by atoms with van der Waals surface area (Å²) in [5, 5.41) is 5.34. The average Bonchev–Trinajstić information content (AvgIpc) is 2.58. The predicted molar refractivity (Wildman–Crippen MR) is 59.4 cm³/mol. The zero-order chi connectivity index (χ0) is 10.8. The van der Waals surface area contributed by atoms with Crippen molar-refractivity contribution >= 4 is 35.0 Å². The molecular weight excluding hydrogens is 255 g/mol. The van der Waals surface area contributed by atoms with Crippen LogP contribution in [0.3, 0.4) is 0 Å². The van der Waals surface area contributed by atoms with Crippen LogP contribution in [0.25, 0.3) is 0 Å². The fourth-order valence-electron chi connectivity index (χ4n) is 0.966. The molecule has 0 aliphatic rings. The Morgan fingerprint density at radius 2 is 2.13 bits per heavy atom. The van der Waals surface area contributed by atoms with E-state index in [9.17, 15) is 0 Å². The molecule has 0 aliphatic carbocycles. The van der Waals surface area contributed by atoms with Crippen molar-refractivity contribution in [3.8, 4) is 0 Å². The molecule has 7 heteroatoms. The van der Waals surface area contributed by atoms with Crippen molar-refractivity contribution in [1.29, 1.82) is 0 Å². The smallest absolute Gasteiger partial charge is 0.223 e. The lowest BCUT2D eigenvalue weighted by molar-refractivity contribution is 0.766. The fourth-order valence-corrected chi connectivity index (χ4v) is 2.17. The van der Waals surface area contributed by atoms with Crippen LogP contribution in [0, 0.1) is 0 Å². The number of hydrogen-bond donors (Lipinski definition) is 0. The Kier molecular flexibility index (Phi) is 3.14. The van der Waals surface area contributed by atoms with Gasteiger partial charge in [0.25, 0.3) is 0 Å². The Bertz CT molecular complexity index is 485. The fraction of sp³-hybridized carbons (Fsp3) is 0.125. The standard InChI is InChI=1S/C8H6Cl2N4S/c1-14-4-5(2-12-14)15-7-6(9)3-11-8(10)13-7/h2-4H,1H3. The zero-order valence-electron chi connectivity index (χ0n) is 7.69. The molecule has 0 spiro atoms. The second-order valence-corrected chi connectivity index (χ2v) is 4.55. The summed E-state index contributed by atoms with van der Waals surface area (Å²) in [4.78, 5) is 8.75. The van der Waals surface area contributed by atoms with E-state index >= 15 is 0 Å². The molecule has 15 heavy (non-hydrogen) atoms. The topological polar surface area (TPSA) is 43.6 Å². The van der Waals surface area contributed by atoms with Crippen molar-refractivity contribution in [1.82, 2.24) is 19.7 Å². The van der Waals surface area contributed by atoms with Crippen LogP contribution in [-0.2, 0) is 7.05 Å². The summed E-state index contributed by atoms with van der Waals surface area (Å²) < 4.78 is 1.71. The van der Waals surface area contributed by atoms with E-state index in [2.05, 4.69) is 15.1 Å². The van der Waals surface area contributed by atoms with E-state index in [0.29, 0.717) is 10.0 Å². The maximum Gasteiger partial charge on any atom is 0.223 e. The summed E-state index contributed by atoms with van der Waals surface area (Å²) in [5.41, 5.74) is 0.